The van der Waals surface area contributed by atoms with Crippen molar-refractivity contribution < 1.29 is 9.84 Å². The van der Waals surface area contributed by atoms with Gasteiger partial charge in [0.25, 0.3) is 0 Å². The number of rotatable bonds is 4. The first-order chi connectivity index (χ1) is 6.47. The van der Waals surface area contributed by atoms with Crippen LogP contribution in [-0.2, 0) is 4.74 Å². The highest BCUT2D eigenvalue weighted by Crippen LogP contribution is 2.19. The van der Waals surface area contributed by atoms with E-state index in [0.29, 0.717) is 6.54 Å². The third-order valence-electron chi connectivity index (χ3n) is 3.10. The molecule has 0 aromatic heterocycles. The molecule has 14 heavy (non-hydrogen) atoms. The Morgan fingerprint density at radius 2 is 2.29 bits per heavy atom. The van der Waals surface area contributed by atoms with Gasteiger partial charge in [0.05, 0.1) is 12.2 Å². The van der Waals surface area contributed by atoms with E-state index in [4.69, 9.17) is 4.74 Å². The molecule has 0 amide bonds. The third kappa shape index (κ3) is 3.56. The van der Waals surface area contributed by atoms with Crippen LogP contribution < -0.4 is 5.32 Å². The summed E-state index contributed by atoms with van der Waals surface area (Å²) >= 11 is 0. The molecule has 0 aliphatic carbocycles. The number of hydrogen-bond donors (Lipinski definition) is 2. The summed E-state index contributed by atoms with van der Waals surface area (Å²) in [6.07, 6.45) is 3.02. The second-order valence-electron chi connectivity index (χ2n) is 4.92. The van der Waals surface area contributed by atoms with Crippen LogP contribution in [0.5, 0.6) is 0 Å². The Hall–Kier alpha value is -0.120. The van der Waals surface area contributed by atoms with Gasteiger partial charge in [-0.1, -0.05) is 6.92 Å². The molecular weight excluding hydrogens is 178 g/mol. The van der Waals surface area contributed by atoms with E-state index in [2.05, 4.69) is 12.2 Å². The van der Waals surface area contributed by atoms with E-state index >= 15 is 0 Å². The average molecular weight is 201 g/mol. The number of hydrogen-bond acceptors (Lipinski definition) is 3. The topological polar surface area (TPSA) is 41.5 Å². The van der Waals surface area contributed by atoms with Gasteiger partial charge in [-0.05, 0) is 33.1 Å². The molecule has 3 heteroatoms. The minimum atomic E-state index is -0.597. The largest absolute Gasteiger partial charge is 0.389 e. The molecule has 0 aromatic rings. The molecule has 1 heterocycles. The second-order valence-corrected chi connectivity index (χ2v) is 4.92. The minimum absolute atomic E-state index is 0.0530. The maximum absolute atomic E-state index is 9.86. The SMILES string of the molecule is CCC(C)(O)CNC1(C)CCCOC1. The van der Waals surface area contributed by atoms with Crippen LogP contribution in [0.3, 0.4) is 0 Å². The van der Waals surface area contributed by atoms with E-state index in [1.807, 2.05) is 13.8 Å². The van der Waals surface area contributed by atoms with Gasteiger partial charge in [-0.15, -0.1) is 0 Å². The maximum Gasteiger partial charge on any atom is 0.0741 e. The molecule has 0 saturated carbocycles. The van der Waals surface area contributed by atoms with Gasteiger partial charge in [0, 0.05) is 18.7 Å². The predicted molar refractivity (Wildman–Crippen MR) is 57.4 cm³/mol. The van der Waals surface area contributed by atoms with Gasteiger partial charge in [0.15, 0.2) is 0 Å². The smallest absolute Gasteiger partial charge is 0.0741 e. The van der Waals surface area contributed by atoms with Crippen molar-refractivity contribution in [3.05, 3.63) is 0 Å². The van der Waals surface area contributed by atoms with Crippen molar-refractivity contribution in [1.82, 2.24) is 5.32 Å². The zero-order chi connectivity index (χ0) is 10.7. The van der Waals surface area contributed by atoms with Crippen LogP contribution in [0.1, 0.15) is 40.0 Å². The van der Waals surface area contributed by atoms with Crippen molar-refractivity contribution in [2.45, 2.75) is 51.2 Å². The Balaban J connectivity index is 2.35. The van der Waals surface area contributed by atoms with Crippen molar-refractivity contribution in [3.63, 3.8) is 0 Å². The fraction of sp³-hybridized carbons (Fsp3) is 1.00. The minimum Gasteiger partial charge on any atom is -0.389 e. The van der Waals surface area contributed by atoms with Crippen molar-refractivity contribution in [2.75, 3.05) is 19.8 Å². The highest BCUT2D eigenvalue weighted by Gasteiger charge is 2.29. The summed E-state index contributed by atoms with van der Waals surface area (Å²) in [6.45, 7) is 8.31. The highest BCUT2D eigenvalue weighted by atomic mass is 16.5. The summed E-state index contributed by atoms with van der Waals surface area (Å²) in [4.78, 5) is 0. The quantitative estimate of drug-likeness (QED) is 0.720. The average Bonchev–Trinajstić information content (AvgIpc) is 2.17. The lowest BCUT2D eigenvalue weighted by Gasteiger charge is -2.37. The summed E-state index contributed by atoms with van der Waals surface area (Å²) in [5.74, 6) is 0. The van der Waals surface area contributed by atoms with Crippen LogP contribution in [0.4, 0.5) is 0 Å². The van der Waals surface area contributed by atoms with Gasteiger partial charge in [0.1, 0.15) is 0 Å². The molecular formula is C11H23NO2. The van der Waals surface area contributed by atoms with Gasteiger partial charge in [-0.3, -0.25) is 0 Å². The van der Waals surface area contributed by atoms with Gasteiger partial charge >= 0.3 is 0 Å². The Labute approximate surface area is 86.8 Å². The molecule has 0 bridgehead atoms. The van der Waals surface area contributed by atoms with Crippen LogP contribution >= 0.6 is 0 Å². The van der Waals surface area contributed by atoms with Gasteiger partial charge in [-0.2, -0.15) is 0 Å². The Morgan fingerprint density at radius 3 is 2.79 bits per heavy atom. The normalized spacial score (nSPS) is 32.6. The molecule has 1 fully saturated rings. The van der Waals surface area contributed by atoms with Crippen LogP contribution in [0, 0.1) is 0 Å². The molecule has 1 aliphatic heterocycles. The third-order valence-corrected chi connectivity index (χ3v) is 3.10. The first-order valence-electron chi connectivity index (χ1n) is 5.53. The Kier molecular flexibility index (Phi) is 3.93. The van der Waals surface area contributed by atoms with E-state index in [9.17, 15) is 5.11 Å². The molecule has 3 nitrogen and oxygen atoms in total. The van der Waals surface area contributed by atoms with Gasteiger partial charge in [0.2, 0.25) is 0 Å². The zero-order valence-corrected chi connectivity index (χ0v) is 9.60. The number of ether oxygens (including phenoxy) is 1. The molecule has 1 rings (SSSR count). The van der Waals surface area contributed by atoms with Crippen molar-refractivity contribution in [3.8, 4) is 0 Å². The van der Waals surface area contributed by atoms with E-state index in [-0.39, 0.29) is 5.54 Å². The van der Waals surface area contributed by atoms with Crippen LogP contribution in [0.15, 0.2) is 0 Å². The van der Waals surface area contributed by atoms with Crippen LogP contribution in [0.2, 0.25) is 0 Å². The summed E-state index contributed by atoms with van der Waals surface area (Å²) in [5.41, 5.74) is -0.544. The van der Waals surface area contributed by atoms with E-state index in [1.54, 1.807) is 0 Å². The van der Waals surface area contributed by atoms with Gasteiger partial charge in [-0.25, -0.2) is 0 Å². The molecule has 0 aromatic carbocycles. The van der Waals surface area contributed by atoms with Crippen molar-refractivity contribution in [1.29, 1.82) is 0 Å². The lowest BCUT2D eigenvalue weighted by Crippen LogP contribution is -2.53. The first-order valence-corrected chi connectivity index (χ1v) is 5.53. The van der Waals surface area contributed by atoms with E-state index < -0.39 is 5.60 Å². The monoisotopic (exact) mass is 201 g/mol. The zero-order valence-electron chi connectivity index (χ0n) is 9.60. The predicted octanol–water partition coefficient (Wildman–Crippen LogP) is 1.31. The number of nitrogens with one attached hydrogen (secondary N) is 1. The summed E-state index contributed by atoms with van der Waals surface area (Å²) in [6, 6.07) is 0. The van der Waals surface area contributed by atoms with Crippen molar-refractivity contribution >= 4 is 0 Å². The summed E-state index contributed by atoms with van der Waals surface area (Å²) < 4.78 is 5.44. The maximum atomic E-state index is 9.86. The molecule has 0 spiro atoms. The van der Waals surface area contributed by atoms with E-state index in [0.717, 1.165) is 32.5 Å². The Bertz CT molecular complexity index is 174. The Morgan fingerprint density at radius 1 is 1.57 bits per heavy atom. The molecule has 84 valence electrons. The van der Waals surface area contributed by atoms with Crippen molar-refractivity contribution in [2.24, 2.45) is 0 Å². The molecule has 2 unspecified atom stereocenters. The summed E-state index contributed by atoms with van der Waals surface area (Å²) in [7, 11) is 0. The number of β-amino-alcohol motifs (C(OH)–C–C–N with tert-alkyl or cyclic N) is 1. The summed E-state index contributed by atoms with van der Waals surface area (Å²) in [5, 5.41) is 13.3. The first kappa shape index (κ1) is 12.0. The number of aliphatic hydroxyl groups is 1. The lowest BCUT2D eigenvalue weighted by molar-refractivity contribution is 0.00349. The molecule has 0 radical (unpaired) electrons. The van der Waals surface area contributed by atoms with Gasteiger partial charge < -0.3 is 15.2 Å². The fourth-order valence-corrected chi connectivity index (χ4v) is 1.60. The highest BCUT2D eigenvalue weighted by molar-refractivity contribution is 4.88. The van der Waals surface area contributed by atoms with E-state index in [1.165, 1.54) is 0 Å². The fourth-order valence-electron chi connectivity index (χ4n) is 1.60. The lowest BCUT2D eigenvalue weighted by atomic mass is 9.93. The van der Waals surface area contributed by atoms with Crippen LogP contribution in [0.25, 0.3) is 0 Å². The standard InChI is InChI=1S/C11H23NO2/c1-4-11(3,13)8-12-10(2)6-5-7-14-9-10/h12-13H,4-9H2,1-3H3. The molecule has 2 atom stereocenters. The van der Waals surface area contributed by atoms with Crippen LogP contribution in [-0.4, -0.2) is 36.0 Å². The molecule has 1 saturated heterocycles. The molecule has 2 N–H and O–H groups in total. The molecule has 1 aliphatic rings. The second kappa shape index (κ2) is 4.60.